The van der Waals surface area contributed by atoms with E-state index in [-0.39, 0.29) is 0 Å². The van der Waals surface area contributed by atoms with Crippen molar-refractivity contribution in [3.8, 4) is 0 Å². The molecule has 0 heterocycles. The Bertz CT molecular complexity index is 372. The van der Waals surface area contributed by atoms with E-state index in [1.165, 1.54) is 11.6 Å². The predicted octanol–water partition coefficient (Wildman–Crippen LogP) is 3.72. The number of halogens is 1. The lowest BCUT2D eigenvalue weighted by Crippen LogP contribution is -2.02. The molecule has 0 bridgehead atoms. The number of benzene rings is 1. The molecule has 0 aliphatic carbocycles. The van der Waals surface area contributed by atoms with Crippen molar-refractivity contribution >= 4 is 28.4 Å². The lowest BCUT2D eigenvalue weighted by molar-refractivity contribution is 0.592. The van der Waals surface area contributed by atoms with E-state index >= 15 is 0 Å². The number of rotatable bonds is 3. The summed E-state index contributed by atoms with van der Waals surface area (Å²) in [6, 6.07) is 7.40. The van der Waals surface area contributed by atoms with E-state index in [0.29, 0.717) is 0 Å². The summed E-state index contributed by atoms with van der Waals surface area (Å²) < 4.78 is 12.9. The fourth-order valence-corrected chi connectivity index (χ4v) is 3.39. The van der Waals surface area contributed by atoms with Gasteiger partial charge in [0, 0.05) is 9.78 Å². The van der Waals surface area contributed by atoms with E-state index in [9.17, 15) is 4.57 Å². The summed E-state index contributed by atoms with van der Waals surface area (Å²) in [5, 5.41) is 0.750. The molecular weight excluding hydrogens is 247 g/mol. The molecule has 0 radical (unpaired) electrons. The van der Waals surface area contributed by atoms with Crippen molar-refractivity contribution in [3.63, 3.8) is 0 Å². The number of hydrogen-bond donors (Lipinski definition) is 0. The van der Waals surface area contributed by atoms with Gasteiger partial charge >= 0.3 is 0 Å². The smallest absolute Gasteiger partial charge is 0.157 e. The molecular formula is C10H10BrOP. The highest BCUT2D eigenvalue weighted by Crippen LogP contribution is 2.48. The topological polar surface area (TPSA) is 17.1 Å². The summed E-state index contributed by atoms with van der Waals surface area (Å²) in [6.45, 7) is 7.13. The summed E-state index contributed by atoms with van der Waals surface area (Å²) in [4.78, 5) is 0. The molecule has 0 aromatic heterocycles. The van der Waals surface area contributed by atoms with Crippen molar-refractivity contribution in [2.75, 3.05) is 0 Å². The highest BCUT2D eigenvalue weighted by molar-refractivity contribution is 9.10. The molecule has 0 aliphatic heterocycles. The van der Waals surface area contributed by atoms with Crippen LogP contribution in [0.15, 0.2) is 53.5 Å². The second-order valence-corrected chi connectivity index (χ2v) is 6.01. The Morgan fingerprint density at radius 3 is 2.23 bits per heavy atom. The van der Waals surface area contributed by atoms with Gasteiger partial charge in [-0.2, -0.15) is 0 Å². The van der Waals surface area contributed by atoms with Crippen LogP contribution in [-0.2, 0) is 4.57 Å². The van der Waals surface area contributed by atoms with Gasteiger partial charge in [0.1, 0.15) is 0 Å². The van der Waals surface area contributed by atoms with Gasteiger partial charge in [-0.05, 0) is 23.8 Å². The van der Waals surface area contributed by atoms with Gasteiger partial charge in [0.15, 0.2) is 7.14 Å². The molecule has 0 amide bonds. The fourth-order valence-electron chi connectivity index (χ4n) is 1.01. The number of hydrogen-bond acceptors (Lipinski definition) is 1. The maximum absolute atomic E-state index is 12.1. The first-order valence-electron chi connectivity index (χ1n) is 3.76. The minimum Gasteiger partial charge on any atom is -0.310 e. The van der Waals surface area contributed by atoms with Gasteiger partial charge in [-0.15, -0.1) is 0 Å². The first-order valence-corrected chi connectivity index (χ1v) is 6.39. The molecule has 0 spiro atoms. The normalized spacial score (nSPS) is 10.8. The molecule has 1 aromatic carbocycles. The maximum Gasteiger partial charge on any atom is 0.157 e. The van der Waals surface area contributed by atoms with Crippen LogP contribution in [0.25, 0.3) is 0 Å². The third-order valence-electron chi connectivity index (χ3n) is 1.77. The Morgan fingerprint density at radius 1 is 1.23 bits per heavy atom. The second-order valence-electron chi connectivity index (χ2n) is 2.53. The largest absolute Gasteiger partial charge is 0.310 e. The molecule has 68 valence electrons. The van der Waals surface area contributed by atoms with Crippen molar-refractivity contribution in [1.29, 1.82) is 0 Å². The van der Waals surface area contributed by atoms with Gasteiger partial charge in [-0.3, -0.25) is 0 Å². The zero-order valence-electron chi connectivity index (χ0n) is 7.11. The van der Waals surface area contributed by atoms with Crippen LogP contribution in [0.1, 0.15) is 0 Å². The van der Waals surface area contributed by atoms with E-state index in [2.05, 4.69) is 29.1 Å². The molecule has 1 rings (SSSR count). The third kappa shape index (κ3) is 2.01. The quantitative estimate of drug-likeness (QED) is 0.754. The fraction of sp³-hybridized carbons (Fsp3) is 0. The predicted molar refractivity (Wildman–Crippen MR) is 61.8 cm³/mol. The van der Waals surface area contributed by atoms with Gasteiger partial charge < -0.3 is 4.57 Å². The van der Waals surface area contributed by atoms with E-state index < -0.39 is 7.14 Å². The van der Waals surface area contributed by atoms with Crippen LogP contribution in [0.2, 0.25) is 0 Å². The van der Waals surface area contributed by atoms with Crippen molar-refractivity contribution in [3.05, 3.63) is 53.5 Å². The lowest BCUT2D eigenvalue weighted by Gasteiger charge is -2.10. The second kappa shape index (κ2) is 4.08. The summed E-state index contributed by atoms with van der Waals surface area (Å²) in [7, 11) is -2.59. The van der Waals surface area contributed by atoms with Crippen LogP contribution in [0.3, 0.4) is 0 Å². The summed E-state index contributed by atoms with van der Waals surface area (Å²) in [5.74, 6) is 2.92. The van der Waals surface area contributed by atoms with E-state index in [0.717, 1.165) is 9.78 Å². The van der Waals surface area contributed by atoms with E-state index in [1.54, 1.807) is 0 Å². The minimum atomic E-state index is -2.59. The van der Waals surface area contributed by atoms with Crippen LogP contribution in [0.5, 0.6) is 0 Å². The zero-order valence-corrected chi connectivity index (χ0v) is 9.59. The molecule has 1 aromatic rings. The van der Waals surface area contributed by atoms with Gasteiger partial charge in [-0.25, -0.2) is 0 Å². The van der Waals surface area contributed by atoms with E-state index in [1.807, 2.05) is 24.3 Å². The Kier molecular flexibility index (Phi) is 3.29. The Hall–Kier alpha value is -0.590. The first kappa shape index (κ1) is 10.5. The molecule has 0 aliphatic rings. The van der Waals surface area contributed by atoms with Crippen LogP contribution in [0, 0.1) is 0 Å². The summed E-state index contributed by atoms with van der Waals surface area (Å²) >= 11 is 3.35. The zero-order chi connectivity index (χ0) is 9.90. The third-order valence-corrected chi connectivity index (χ3v) is 5.00. The molecule has 1 nitrogen and oxygen atoms in total. The van der Waals surface area contributed by atoms with Crippen LogP contribution in [-0.4, -0.2) is 0 Å². The molecule has 13 heavy (non-hydrogen) atoms. The van der Waals surface area contributed by atoms with Gasteiger partial charge in [0.2, 0.25) is 0 Å². The monoisotopic (exact) mass is 256 g/mol. The van der Waals surface area contributed by atoms with Crippen molar-refractivity contribution < 1.29 is 4.57 Å². The van der Waals surface area contributed by atoms with Crippen LogP contribution in [0.4, 0.5) is 0 Å². The average Bonchev–Trinajstić information content (AvgIpc) is 2.17. The van der Waals surface area contributed by atoms with Gasteiger partial charge in [0.25, 0.3) is 0 Å². The van der Waals surface area contributed by atoms with Crippen molar-refractivity contribution in [1.82, 2.24) is 0 Å². The molecule has 0 fully saturated rings. The molecule has 0 atom stereocenters. The van der Waals surface area contributed by atoms with Gasteiger partial charge in [-0.1, -0.05) is 41.2 Å². The average molecular weight is 257 g/mol. The highest BCUT2D eigenvalue weighted by atomic mass is 79.9. The molecule has 3 heteroatoms. The van der Waals surface area contributed by atoms with E-state index in [4.69, 9.17) is 0 Å². The SMILES string of the molecule is C=CP(=O)(C=C)c1ccccc1Br. The van der Waals surface area contributed by atoms with Crippen LogP contribution < -0.4 is 5.30 Å². The summed E-state index contributed by atoms with van der Waals surface area (Å²) in [6.07, 6.45) is 0. The molecule has 0 saturated heterocycles. The Balaban J connectivity index is 3.36. The highest BCUT2D eigenvalue weighted by Gasteiger charge is 2.18. The summed E-state index contributed by atoms with van der Waals surface area (Å²) in [5.41, 5.74) is 0. The molecule has 0 N–H and O–H groups in total. The van der Waals surface area contributed by atoms with Crippen molar-refractivity contribution in [2.24, 2.45) is 0 Å². The van der Waals surface area contributed by atoms with Crippen molar-refractivity contribution in [2.45, 2.75) is 0 Å². The Labute approximate surface area is 86.7 Å². The Morgan fingerprint density at radius 2 is 1.77 bits per heavy atom. The van der Waals surface area contributed by atoms with Crippen LogP contribution >= 0.6 is 23.1 Å². The minimum absolute atomic E-state index is 0.750. The molecule has 0 saturated carbocycles. The lowest BCUT2D eigenvalue weighted by atomic mass is 10.4. The standard InChI is InChI=1S/C10H10BrOP/c1-3-13(12,4-2)10-8-6-5-7-9(10)11/h3-8H,1-2H2. The van der Waals surface area contributed by atoms with Gasteiger partial charge in [0.05, 0.1) is 0 Å². The first-order chi connectivity index (χ1) is 6.14. The maximum atomic E-state index is 12.1. The molecule has 0 unspecified atom stereocenters.